The maximum absolute atomic E-state index is 12.7. The third-order valence-corrected chi connectivity index (χ3v) is 2.13. The van der Waals surface area contributed by atoms with Gasteiger partial charge in [0.1, 0.15) is 0 Å². The molecule has 0 aromatic rings. The largest absolute Gasteiger partial charge is 0.396 e. The van der Waals surface area contributed by atoms with Gasteiger partial charge in [-0.2, -0.15) is 0 Å². The van der Waals surface area contributed by atoms with Crippen molar-refractivity contribution in [3.63, 3.8) is 0 Å². The zero-order chi connectivity index (χ0) is 7.61. The average Bonchev–Trinajstić information content (AvgIpc) is 1.87. The van der Waals surface area contributed by atoms with Crippen LogP contribution in [-0.4, -0.2) is 17.6 Å². The Morgan fingerprint density at radius 2 is 2.10 bits per heavy atom. The van der Waals surface area contributed by atoms with Crippen LogP contribution in [-0.2, 0) is 0 Å². The Bertz CT molecular complexity index is 114. The van der Waals surface area contributed by atoms with Crippen LogP contribution in [0.15, 0.2) is 0 Å². The SMILES string of the molecule is OCC1CCCCC1(F)F. The summed E-state index contributed by atoms with van der Waals surface area (Å²) in [5, 5.41) is 8.55. The van der Waals surface area contributed by atoms with Crippen LogP contribution in [0.2, 0.25) is 0 Å². The van der Waals surface area contributed by atoms with Crippen molar-refractivity contribution >= 4 is 0 Å². The van der Waals surface area contributed by atoms with Gasteiger partial charge in [-0.1, -0.05) is 6.42 Å². The van der Waals surface area contributed by atoms with Gasteiger partial charge >= 0.3 is 0 Å². The van der Waals surface area contributed by atoms with Gasteiger partial charge in [0.05, 0.1) is 6.61 Å². The van der Waals surface area contributed by atoms with Crippen molar-refractivity contribution in [1.82, 2.24) is 0 Å². The first kappa shape index (κ1) is 7.92. The quantitative estimate of drug-likeness (QED) is 0.604. The second kappa shape index (κ2) is 2.82. The number of rotatable bonds is 1. The molecule has 60 valence electrons. The molecule has 10 heavy (non-hydrogen) atoms. The summed E-state index contributed by atoms with van der Waals surface area (Å²) >= 11 is 0. The Balaban J connectivity index is 2.51. The number of alkyl halides is 2. The van der Waals surface area contributed by atoms with E-state index in [4.69, 9.17) is 5.11 Å². The lowest BCUT2D eigenvalue weighted by Gasteiger charge is -2.29. The third-order valence-electron chi connectivity index (χ3n) is 2.13. The van der Waals surface area contributed by atoms with Crippen LogP contribution < -0.4 is 0 Å². The van der Waals surface area contributed by atoms with E-state index >= 15 is 0 Å². The smallest absolute Gasteiger partial charge is 0.253 e. The van der Waals surface area contributed by atoms with E-state index in [0.29, 0.717) is 12.8 Å². The van der Waals surface area contributed by atoms with E-state index in [2.05, 4.69) is 0 Å². The van der Waals surface area contributed by atoms with Gasteiger partial charge in [0.15, 0.2) is 0 Å². The van der Waals surface area contributed by atoms with Gasteiger partial charge in [0.2, 0.25) is 0 Å². The van der Waals surface area contributed by atoms with Gasteiger partial charge in [-0.05, 0) is 12.8 Å². The molecule has 0 spiro atoms. The molecule has 0 saturated heterocycles. The summed E-state index contributed by atoms with van der Waals surface area (Å²) in [4.78, 5) is 0. The summed E-state index contributed by atoms with van der Waals surface area (Å²) in [5.41, 5.74) is 0. The molecule has 3 heteroatoms. The molecule has 1 saturated carbocycles. The van der Waals surface area contributed by atoms with E-state index in [0.717, 1.165) is 6.42 Å². The Kier molecular flexibility index (Phi) is 2.24. The molecule has 0 aromatic heterocycles. The maximum Gasteiger partial charge on any atom is 0.253 e. The lowest BCUT2D eigenvalue weighted by atomic mass is 9.86. The first-order chi connectivity index (χ1) is 4.67. The molecule has 1 N–H and O–H groups in total. The molecule has 1 fully saturated rings. The van der Waals surface area contributed by atoms with Crippen LogP contribution in [0.3, 0.4) is 0 Å². The summed E-state index contributed by atoms with van der Waals surface area (Å²) in [6.07, 6.45) is 1.87. The zero-order valence-electron chi connectivity index (χ0n) is 5.82. The van der Waals surface area contributed by atoms with Crippen molar-refractivity contribution < 1.29 is 13.9 Å². The van der Waals surface area contributed by atoms with E-state index in [9.17, 15) is 8.78 Å². The number of halogens is 2. The van der Waals surface area contributed by atoms with E-state index < -0.39 is 11.8 Å². The van der Waals surface area contributed by atoms with Crippen molar-refractivity contribution in [3.8, 4) is 0 Å². The number of hydrogen-bond donors (Lipinski definition) is 1. The fourth-order valence-corrected chi connectivity index (χ4v) is 1.39. The topological polar surface area (TPSA) is 20.2 Å². The Morgan fingerprint density at radius 1 is 1.40 bits per heavy atom. The van der Waals surface area contributed by atoms with Gasteiger partial charge in [-0.25, -0.2) is 8.78 Å². The fourth-order valence-electron chi connectivity index (χ4n) is 1.39. The Hall–Kier alpha value is -0.180. The molecule has 0 amide bonds. The number of aliphatic hydroxyl groups is 1. The average molecular weight is 150 g/mol. The van der Waals surface area contributed by atoms with E-state index in [1.54, 1.807) is 0 Å². The molecule has 0 aromatic carbocycles. The standard InChI is InChI=1S/C7H12F2O/c8-7(9)4-2-1-3-6(7)5-10/h6,10H,1-5H2. The predicted molar refractivity (Wildman–Crippen MR) is 34.0 cm³/mol. The fraction of sp³-hybridized carbons (Fsp3) is 1.00. The third kappa shape index (κ3) is 1.45. The molecular formula is C7H12F2O. The van der Waals surface area contributed by atoms with Gasteiger partial charge in [-0.3, -0.25) is 0 Å². The van der Waals surface area contributed by atoms with Crippen LogP contribution in [0.25, 0.3) is 0 Å². The molecule has 1 aliphatic carbocycles. The van der Waals surface area contributed by atoms with Gasteiger partial charge in [-0.15, -0.1) is 0 Å². The normalized spacial score (nSPS) is 32.1. The highest BCUT2D eigenvalue weighted by atomic mass is 19.3. The molecule has 0 aliphatic heterocycles. The van der Waals surface area contributed by atoms with Gasteiger partial charge in [0.25, 0.3) is 5.92 Å². The summed E-state index contributed by atoms with van der Waals surface area (Å²) in [6, 6.07) is 0. The van der Waals surface area contributed by atoms with E-state index in [-0.39, 0.29) is 13.0 Å². The minimum absolute atomic E-state index is 0.0434. The molecule has 0 bridgehead atoms. The van der Waals surface area contributed by atoms with Crippen LogP contribution in [0.5, 0.6) is 0 Å². The van der Waals surface area contributed by atoms with Crippen molar-refractivity contribution in [2.24, 2.45) is 5.92 Å². The first-order valence-corrected chi connectivity index (χ1v) is 3.65. The first-order valence-electron chi connectivity index (χ1n) is 3.65. The van der Waals surface area contributed by atoms with Gasteiger partial charge in [0, 0.05) is 12.3 Å². The molecule has 1 aliphatic rings. The van der Waals surface area contributed by atoms with Crippen molar-refractivity contribution in [1.29, 1.82) is 0 Å². The molecule has 1 unspecified atom stereocenters. The van der Waals surface area contributed by atoms with Gasteiger partial charge < -0.3 is 5.11 Å². The van der Waals surface area contributed by atoms with Crippen molar-refractivity contribution in [2.75, 3.05) is 6.61 Å². The van der Waals surface area contributed by atoms with E-state index in [1.807, 2.05) is 0 Å². The highest BCUT2D eigenvalue weighted by Gasteiger charge is 2.40. The molecule has 0 radical (unpaired) electrons. The second-order valence-electron chi connectivity index (χ2n) is 2.89. The minimum atomic E-state index is -2.60. The summed E-state index contributed by atoms with van der Waals surface area (Å²) in [5.74, 6) is -3.38. The zero-order valence-corrected chi connectivity index (χ0v) is 5.82. The van der Waals surface area contributed by atoms with Crippen LogP contribution in [0.1, 0.15) is 25.7 Å². The summed E-state index contributed by atoms with van der Waals surface area (Å²) < 4.78 is 25.4. The monoisotopic (exact) mass is 150 g/mol. The molecule has 0 heterocycles. The number of aliphatic hydroxyl groups excluding tert-OH is 1. The van der Waals surface area contributed by atoms with Crippen LogP contribution in [0.4, 0.5) is 8.78 Å². The van der Waals surface area contributed by atoms with Crippen LogP contribution >= 0.6 is 0 Å². The maximum atomic E-state index is 12.7. The number of hydrogen-bond acceptors (Lipinski definition) is 1. The second-order valence-corrected chi connectivity index (χ2v) is 2.89. The predicted octanol–water partition coefficient (Wildman–Crippen LogP) is 1.80. The molecule has 1 atom stereocenters. The Labute approximate surface area is 59.0 Å². The Morgan fingerprint density at radius 3 is 2.50 bits per heavy atom. The molecular weight excluding hydrogens is 138 g/mol. The highest BCUT2D eigenvalue weighted by molar-refractivity contribution is 4.80. The summed E-state index contributed by atoms with van der Waals surface area (Å²) in [7, 11) is 0. The van der Waals surface area contributed by atoms with Crippen molar-refractivity contribution in [2.45, 2.75) is 31.6 Å². The van der Waals surface area contributed by atoms with Crippen LogP contribution in [0, 0.1) is 5.92 Å². The lowest BCUT2D eigenvalue weighted by molar-refractivity contribution is -0.101. The molecule has 1 rings (SSSR count). The highest BCUT2D eigenvalue weighted by Crippen LogP contribution is 2.37. The van der Waals surface area contributed by atoms with Crippen molar-refractivity contribution in [3.05, 3.63) is 0 Å². The molecule has 1 nitrogen and oxygen atoms in total. The minimum Gasteiger partial charge on any atom is -0.396 e. The summed E-state index contributed by atoms with van der Waals surface area (Å²) in [6.45, 7) is -0.368. The van der Waals surface area contributed by atoms with E-state index in [1.165, 1.54) is 0 Å². The lowest BCUT2D eigenvalue weighted by Crippen LogP contribution is -2.33.